The molecule has 0 atom stereocenters. The second kappa shape index (κ2) is 6.10. The molecule has 2 nitrogen and oxygen atoms in total. The van der Waals surface area contributed by atoms with E-state index in [0.717, 1.165) is 18.8 Å². The summed E-state index contributed by atoms with van der Waals surface area (Å²) in [4.78, 5) is 13.8. The highest BCUT2D eigenvalue weighted by molar-refractivity contribution is 7.99. The molecule has 1 aliphatic rings. The van der Waals surface area contributed by atoms with Crippen LogP contribution >= 0.6 is 11.8 Å². The van der Waals surface area contributed by atoms with Crippen LogP contribution in [0, 0.1) is 6.92 Å². The molecule has 0 aromatic heterocycles. The third-order valence-electron chi connectivity index (χ3n) is 3.20. The molecule has 0 unspecified atom stereocenters. The highest BCUT2D eigenvalue weighted by Crippen LogP contribution is 2.17. The predicted molar refractivity (Wildman–Crippen MR) is 73.2 cm³/mol. The lowest BCUT2D eigenvalue weighted by Gasteiger charge is -2.14. The SMILES string of the molecule is Cc1ccccc1CSCC(=O)N1CCCC1. The number of aryl methyl sites for hydroxylation is 1. The lowest BCUT2D eigenvalue weighted by molar-refractivity contribution is -0.127. The van der Waals surface area contributed by atoms with E-state index in [1.165, 1.54) is 24.0 Å². The van der Waals surface area contributed by atoms with Gasteiger partial charge in [-0.25, -0.2) is 0 Å². The van der Waals surface area contributed by atoms with Gasteiger partial charge in [0.1, 0.15) is 0 Å². The highest BCUT2D eigenvalue weighted by atomic mass is 32.2. The van der Waals surface area contributed by atoms with Crippen molar-refractivity contribution >= 4 is 17.7 Å². The molecule has 92 valence electrons. The van der Waals surface area contributed by atoms with E-state index in [4.69, 9.17) is 0 Å². The van der Waals surface area contributed by atoms with Crippen LogP contribution in [0.5, 0.6) is 0 Å². The predicted octanol–water partition coefficient (Wildman–Crippen LogP) is 2.85. The molecule has 3 heteroatoms. The monoisotopic (exact) mass is 249 g/mol. The summed E-state index contributed by atoms with van der Waals surface area (Å²) in [6.07, 6.45) is 2.35. The average Bonchev–Trinajstić information content (AvgIpc) is 2.85. The van der Waals surface area contributed by atoms with E-state index in [1.807, 2.05) is 4.90 Å². The van der Waals surface area contributed by atoms with Gasteiger partial charge in [0.2, 0.25) is 5.91 Å². The number of nitrogens with zero attached hydrogens (tertiary/aromatic N) is 1. The molecule has 1 saturated heterocycles. The van der Waals surface area contributed by atoms with Crippen molar-refractivity contribution in [2.45, 2.75) is 25.5 Å². The van der Waals surface area contributed by atoms with Gasteiger partial charge in [0.05, 0.1) is 5.75 Å². The van der Waals surface area contributed by atoms with E-state index >= 15 is 0 Å². The number of rotatable bonds is 4. The summed E-state index contributed by atoms with van der Waals surface area (Å²) in [6.45, 7) is 4.05. The Balaban J connectivity index is 1.76. The second-order valence-electron chi connectivity index (χ2n) is 4.51. The smallest absolute Gasteiger partial charge is 0.232 e. The second-order valence-corrected chi connectivity index (χ2v) is 5.49. The Morgan fingerprint density at radius 2 is 2.00 bits per heavy atom. The zero-order valence-electron chi connectivity index (χ0n) is 10.3. The van der Waals surface area contributed by atoms with E-state index in [-0.39, 0.29) is 0 Å². The summed E-state index contributed by atoms with van der Waals surface area (Å²) in [7, 11) is 0. The molecular formula is C14H19NOS. The Labute approximate surface area is 107 Å². The number of benzene rings is 1. The van der Waals surface area contributed by atoms with Crippen LogP contribution in [0.4, 0.5) is 0 Å². The number of carbonyl (C=O) groups excluding carboxylic acids is 1. The van der Waals surface area contributed by atoms with Crippen molar-refractivity contribution in [2.75, 3.05) is 18.8 Å². The van der Waals surface area contributed by atoms with E-state index < -0.39 is 0 Å². The summed E-state index contributed by atoms with van der Waals surface area (Å²) >= 11 is 1.72. The fraction of sp³-hybridized carbons (Fsp3) is 0.500. The zero-order valence-corrected chi connectivity index (χ0v) is 11.1. The van der Waals surface area contributed by atoms with Crippen molar-refractivity contribution in [3.63, 3.8) is 0 Å². The molecule has 0 radical (unpaired) electrons. The molecule has 0 spiro atoms. The Kier molecular flexibility index (Phi) is 4.49. The van der Waals surface area contributed by atoms with Gasteiger partial charge in [-0.1, -0.05) is 24.3 Å². The summed E-state index contributed by atoms with van der Waals surface area (Å²) < 4.78 is 0. The Morgan fingerprint density at radius 3 is 2.71 bits per heavy atom. The normalized spacial score (nSPS) is 15.2. The quantitative estimate of drug-likeness (QED) is 0.818. The lowest BCUT2D eigenvalue weighted by Crippen LogP contribution is -2.29. The first kappa shape index (κ1) is 12.5. The zero-order chi connectivity index (χ0) is 12.1. The molecule has 2 rings (SSSR count). The van der Waals surface area contributed by atoms with Gasteiger partial charge in [-0.05, 0) is 30.9 Å². The topological polar surface area (TPSA) is 20.3 Å². The Hall–Kier alpha value is -0.960. The molecule has 0 bridgehead atoms. The van der Waals surface area contributed by atoms with E-state index in [0.29, 0.717) is 11.7 Å². The van der Waals surface area contributed by atoms with Crippen molar-refractivity contribution in [1.82, 2.24) is 4.90 Å². The largest absolute Gasteiger partial charge is 0.342 e. The molecule has 0 saturated carbocycles. The van der Waals surface area contributed by atoms with Crippen LogP contribution in [0.15, 0.2) is 24.3 Å². The molecule has 0 N–H and O–H groups in total. The molecule has 0 aliphatic carbocycles. The molecule has 1 aromatic carbocycles. The van der Waals surface area contributed by atoms with E-state index in [1.54, 1.807) is 11.8 Å². The van der Waals surface area contributed by atoms with Gasteiger partial charge < -0.3 is 4.90 Å². The van der Waals surface area contributed by atoms with Gasteiger partial charge in [-0.2, -0.15) is 0 Å². The van der Waals surface area contributed by atoms with Gasteiger partial charge >= 0.3 is 0 Å². The maximum Gasteiger partial charge on any atom is 0.232 e. The summed E-state index contributed by atoms with van der Waals surface area (Å²) in [5.74, 6) is 1.86. The first-order valence-corrected chi connectivity index (χ1v) is 7.33. The Bertz CT molecular complexity index is 386. The molecule has 1 amide bonds. The standard InChI is InChI=1S/C14H19NOS/c1-12-6-2-3-7-13(12)10-17-11-14(16)15-8-4-5-9-15/h2-3,6-7H,4-5,8-11H2,1H3. The molecule has 1 aromatic rings. The van der Waals surface area contributed by atoms with Crippen LogP contribution in [0.2, 0.25) is 0 Å². The third-order valence-corrected chi connectivity index (χ3v) is 4.17. The third kappa shape index (κ3) is 3.50. The van der Waals surface area contributed by atoms with Crippen molar-refractivity contribution in [1.29, 1.82) is 0 Å². The molecule has 1 heterocycles. The summed E-state index contributed by atoms with van der Waals surface area (Å²) in [5.41, 5.74) is 2.65. The van der Waals surface area contributed by atoms with E-state index in [9.17, 15) is 4.79 Å². The number of carbonyl (C=O) groups is 1. The minimum atomic E-state index is 0.307. The van der Waals surface area contributed by atoms with Gasteiger partial charge in [0.15, 0.2) is 0 Å². The summed E-state index contributed by atoms with van der Waals surface area (Å²) in [5, 5.41) is 0. The lowest BCUT2D eigenvalue weighted by atomic mass is 10.1. The molecule has 1 fully saturated rings. The number of likely N-dealkylation sites (tertiary alicyclic amines) is 1. The van der Waals surface area contributed by atoms with Crippen LogP contribution < -0.4 is 0 Å². The van der Waals surface area contributed by atoms with Crippen molar-refractivity contribution in [2.24, 2.45) is 0 Å². The van der Waals surface area contributed by atoms with Crippen molar-refractivity contribution < 1.29 is 4.79 Å². The van der Waals surface area contributed by atoms with Crippen molar-refractivity contribution in [3.8, 4) is 0 Å². The van der Waals surface area contributed by atoms with Gasteiger partial charge in [-0.3, -0.25) is 4.79 Å². The molecule has 1 aliphatic heterocycles. The van der Waals surface area contributed by atoms with E-state index in [2.05, 4.69) is 31.2 Å². The van der Waals surface area contributed by atoms with Crippen LogP contribution in [0.1, 0.15) is 24.0 Å². The average molecular weight is 249 g/mol. The number of hydrogen-bond donors (Lipinski definition) is 0. The number of hydrogen-bond acceptors (Lipinski definition) is 2. The van der Waals surface area contributed by atoms with Crippen LogP contribution in [0.3, 0.4) is 0 Å². The number of thioether (sulfide) groups is 1. The van der Waals surface area contributed by atoms with Gasteiger partial charge in [0.25, 0.3) is 0 Å². The minimum absolute atomic E-state index is 0.307. The van der Waals surface area contributed by atoms with Crippen LogP contribution in [-0.4, -0.2) is 29.6 Å². The maximum absolute atomic E-state index is 11.8. The van der Waals surface area contributed by atoms with Crippen LogP contribution in [-0.2, 0) is 10.5 Å². The van der Waals surface area contributed by atoms with Gasteiger partial charge in [0, 0.05) is 18.8 Å². The Morgan fingerprint density at radius 1 is 1.29 bits per heavy atom. The van der Waals surface area contributed by atoms with Gasteiger partial charge in [-0.15, -0.1) is 11.8 Å². The van der Waals surface area contributed by atoms with Crippen molar-refractivity contribution in [3.05, 3.63) is 35.4 Å². The molecular weight excluding hydrogens is 230 g/mol. The minimum Gasteiger partial charge on any atom is -0.342 e. The first-order chi connectivity index (χ1) is 8.27. The fourth-order valence-electron chi connectivity index (χ4n) is 2.08. The first-order valence-electron chi connectivity index (χ1n) is 6.17. The number of amides is 1. The summed E-state index contributed by atoms with van der Waals surface area (Å²) in [6, 6.07) is 8.38. The fourth-order valence-corrected chi connectivity index (χ4v) is 3.08. The highest BCUT2D eigenvalue weighted by Gasteiger charge is 2.17. The maximum atomic E-state index is 11.8. The van der Waals surface area contributed by atoms with Crippen LogP contribution in [0.25, 0.3) is 0 Å². The molecule has 17 heavy (non-hydrogen) atoms.